The van der Waals surface area contributed by atoms with Crippen LogP contribution in [0.25, 0.3) is 11.0 Å². The first-order chi connectivity index (χ1) is 21.6. The van der Waals surface area contributed by atoms with Crippen molar-refractivity contribution in [2.75, 3.05) is 26.5 Å². The highest BCUT2D eigenvalue weighted by atomic mass is 16.5. The van der Waals surface area contributed by atoms with Gasteiger partial charge in [0.15, 0.2) is 5.75 Å². The van der Waals surface area contributed by atoms with Crippen LogP contribution in [0.1, 0.15) is 18.7 Å². The van der Waals surface area contributed by atoms with Crippen molar-refractivity contribution in [1.29, 1.82) is 0 Å². The number of carbonyl (C=O) groups is 4. The van der Waals surface area contributed by atoms with E-state index in [2.05, 4.69) is 20.4 Å². The standard InChI is InChI=1S/C31H32N6O8/c1-35(2)26(38)17-8-7-13-21(33-30(41)44-3)28(39)32-22-14-10-18-36(29(22)40)19-25-34-27-23(37(25)31(42)43)15-9-16-24(27)45-20-11-5-4-6-12-20/h4-6,8-12,14-18,21H,7,13,19H2,1-3H3,(H,32,39)(H,33,41)(H,42,43). The second kappa shape index (κ2) is 14.5. The largest absolute Gasteiger partial charge is 0.464 e. The number of hydrogen-bond acceptors (Lipinski definition) is 8. The van der Waals surface area contributed by atoms with Crippen LogP contribution in [0.5, 0.6) is 11.5 Å². The first kappa shape index (κ1) is 32.0. The van der Waals surface area contributed by atoms with Crippen LogP contribution < -0.4 is 20.9 Å². The first-order valence-electron chi connectivity index (χ1n) is 13.8. The van der Waals surface area contributed by atoms with Gasteiger partial charge in [0.05, 0.1) is 19.2 Å². The number of methoxy groups -OCH3 is 1. The van der Waals surface area contributed by atoms with Crippen molar-refractivity contribution >= 4 is 40.7 Å². The van der Waals surface area contributed by atoms with E-state index in [1.54, 1.807) is 62.6 Å². The number of para-hydroxylation sites is 2. The molecule has 3 N–H and O–H groups in total. The Morgan fingerprint density at radius 2 is 1.80 bits per heavy atom. The van der Waals surface area contributed by atoms with Gasteiger partial charge >= 0.3 is 12.2 Å². The molecule has 0 saturated carbocycles. The summed E-state index contributed by atoms with van der Waals surface area (Å²) in [5.41, 5.74) is -0.191. The number of alkyl carbamates (subject to hydrolysis) is 1. The fourth-order valence-electron chi connectivity index (χ4n) is 4.33. The Kier molecular flexibility index (Phi) is 10.3. The molecule has 0 bridgehead atoms. The molecule has 14 nitrogen and oxygen atoms in total. The maximum atomic E-state index is 13.4. The Morgan fingerprint density at radius 3 is 2.49 bits per heavy atom. The van der Waals surface area contributed by atoms with Crippen LogP contribution >= 0.6 is 0 Å². The third-order valence-corrected chi connectivity index (χ3v) is 6.59. The quantitative estimate of drug-likeness (QED) is 0.213. The Bertz CT molecular complexity index is 1790. The van der Waals surface area contributed by atoms with Gasteiger partial charge in [-0.05, 0) is 55.3 Å². The highest BCUT2D eigenvalue weighted by Crippen LogP contribution is 2.30. The van der Waals surface area contributed by atoms with Gasteiger partial charge < -0.3 is 34.7 Å². The SMILES string of the molecule is COC(=O)NC(CCC=CC(=O)N(C)C)C(=O)Nc1cccn(Cc2nc3c(Oc4ccccc4)cccc3n2C(=O)O)c1=O. The molecular weight excluding hydrogens is 584 g/mol. The molecule has 2 heterocycles. The van der Waals surface area contributed by atoms with Crippen LogP contribution in [0, 0.1) is 0 Å². The summed E-state index contributed by atoms with van der Waals surface area (Å²) in [6.07, 6.45) is 2.57. The van der Waals surface area contributed by atoms with Gasteiger partial charge in [-0.15, -0.1) is 0 Å². The molecule has 0 aliphatic rings. The lowest BCUT2D eigenvalue weighted by Gasteiger charge is -2.17. The zero-order chi connectivity index (χ0) is 32.5. The van der Waals surface area contributed by atoms with Crippen LogP contribution in [-0.4, -0.2) is 75.4 Å². The molecule has 2 aromatic carbocycles. The molecule has 4 aromatic rings. The highest BCUT2D eigenvalue weighted by molar-refractivity contribution is 5.96. The van der Waals surface area contributed by atoms with E-state index in [9.17, 15) is 29.1 Å². The smallest absolute Gasteiger partial charge is 0.417 e. The summed E-state index contributed by atoms with van der Waals surface area (Å²) in [7, 11) is 4.35. The van der Waals surface area contributed by atoms with E-state index in [1.165, 1.54) is 33.9 Å². The molecule has 14 heteroatoms. The van der Waals surface area contributed by atoms with Crippen molar-refractivity contribution < 1.29 is 33.8 Å². The van der Waals surface area contributed by atoms with Crippen molar-refractivity contribution in [2.24, 2.45) is 0 Å². The number of aromatic nitrogens is 3. The molecule has 234 valence electrons. The number of nitrogens with zero attached hydrogens (tertiary/aromatic N) is 4. The number of carboxylic acid groups (broad SMARTS) is 1. The van der Waals surface area contributed by atoms with Gasteiger partial charge in [-0.1, -0.05) is 30.3 Å². The fourth-order valence-corrected chi connectivity index (χ4v) is 4.33. The number of amides is 3. The minimum absolute atomic E-state index is 0.0384. The van der Waals surface area contributed by atoms with Gasteiger partial charge in [0.2, 0.25) is 11.8 Å². The molecular formula is C31H32N6O8. The zero-order valence-corrected chi connectivity index (χ0v) is 24.8. The number of imidazole rings is 1. The van der Waals surface area contributed by atoms with E-state index in [4.69, 9.17) is 4.74 Å². The summed E-state index contributed by atoms with van der Waals surface area (Å²) in [6.45, 7) is -0.247. The molecule has 0 aliphatic carbocycles. The molecule has 4 rings (SSSR count). The average Bonchev–Trinajstić information content (AvgIpc) is 3.40. The second-order valence-corrected chi connectivity index (χ2v) is 9.93. The van der Waals surface area contributed by atoms with E-state index in [0.717, 1.165) is 11.7 Å². The number of benzene rings is 2. The topological polar surface area (TPSA) is 174 Å². The lowest BCUT2D eigenvalue weighted by Crippen LogP contribution is -2.44. The number of likely N-dealkylation sites (N-methyl/N-ethyl adjacent to an activating group) is 1. The maximum absolute atomic E-state index is 13.4. The third-order valence-electron chi connectivity index (χ3n) is 6.59. The Morgan fingerprint density at radius 1 is 1.04 bits per heavy atom. The van der Waals surface area contributed by atoms with E-state index in [0.29, 0.717) is 11.5 Å². The van der Waals surface area contributed by atoms with Crippen molar-refractivity contribution in [3.63, 3.8) is 0 Å². The third kappa shape index (κ3) is 7.93. The molecule has 0 spiro atoms. The summed E-state index contributed by atoms with van der Waals surface area (Å²) in [5, 5.41) is 15.0. The molecule has 3 amide bonds. The summed E-state index contributed by atoms with van der Waals surface area (Å²) < 4.78 is 12.7. The van der Waals surface area contributed by atoms with Gasteiger partial charge in [0.1, 0.15) is 28.8 Å². The first-order valence-corrected chi connectivity index (χ1v) is 13.8. The normalized spacial score (nSPS) is 11.6. The second-order valence-electron chi connectivity index (χ2n) is 9.93. The molecule has 1 atom stereocenters. The van der Waals surface area contributed by atoms with E-state index in [-0.39, 0.29) is 47.8 Å². The number of hydrogen-bond donors (Lipinski definition) is 3. The highest BCUT2D eigenvalue weighted by Gasteiger charge is 2.23. The predicted octanol–water partition coefficient (Wildman–Crippen LogP) is 3.65. The minimum Gasteiger partial charge on any atom is -0.464 e. The van der Waals surface area contributed by atoms with Crippen LogP contribution in [0.4, 0.5) is 15.3 Å². The van der Waals surface area contributed by atoms with Crippen LogP contribution in [0.3, 0.4) is 0 Å². The van der Waals surface area contributed by atoms with Gasteiger partial charge in [-0.25, -0.2) is 19.1 Å². The zero-order valence-electron chi connectivity index (χ0n) is 24.8. The monoisotopic (exact) mass is 616 g/mol. The van der Waals surface area contributed by atoms with Gasteiger partial charge in [0.25, 0.3) is 5.56 Å². The van der Waals surface area contributed by atoms with Gasteiger partial charge in [-0.2, -0.15) is 0 Å². The van der Waals surface area contributed by atoms with E-state index in [1.807, 2.05) is 6.07 Å². The number of carbonyl (C=O) groups excluding carboxylic acids is 3. The molecule has 45 heavy (non-hydrogen) atoms. The average molecular weight is 617 g/mol. The number of fused-ring (bicyclic) bond motifs is 1. The molecule has 0 saturated heterocycles. The number of anilines is 1. The summed E-state index contributed by atoms with van der Waals surface area (Å²) >= 11 is 0. The maximum Gasteiger partial charge on any atom is 0.417 e. The Hall–Kier alpha value is -5.92. The predicted molar refractivity (Wildman–Crippen MR) is 165 cm³/mol. The summed E-state index contributed by atoms with van der Waals surface area (Å²) in [5.74, 6) is -0.0229. The molecule has 2 aromatic heterocycles. The van der Waals surface area contributed by atoms with Crippen molar-refractivity contribution in [3.05, 3.63) is 95.2 Å². The molecule has 1 unspecified atom stereocenters. The summed E-state index contributed by atoms with van der Waals surface area (Å²) in [6, 6.07) is 15.6. The molecule has 0 radical (unpaired) electrons. The number of pyridine rings is 1. The van der Waals surface area contributed by atoms with Gasteiger partial charge in [0, 0.05) is 20.3 Å². The van der Waals surface area contributed by atoms with E-state index < -0.39 is 29.7 Å². The molecule has 0 aliphatic heterocycles. The number of rotatable bonds is 11. The van der Waals surface area contributed by atoms with Crippen LogP contribution in [0.2, 0.25) is 0 Å². The lowest BCUT2D eigenvalue weighted by atomic mass is 10.1. The number of allylic oxidation sites excluding steroid dienone is 1. The number of ether oxygens (including phenoxy) is 2. The Labute approximate surface area is 257 Å². The van der Waals surface area contributed by atoms with Crippen LogP contribution in [0.15, 0.2) is 83.8 Å². The minimum atomic E-state index is -1.31. The van der Waals surface area contributed by atoms with Crippen molar-refractivity contribution in [3.8, 4) is 11.5 Å². The van der Waals surface area contributed by atoms with Crippen LogP contribution in [-0.2, 0) is 20.9 Å². The Balaban J connectivity index is 1.58. The van der Waals surface area contributed by atoms with Crippen molar-refractivity contribution in [1.82, 2.24) is 24.3 Å². The summed E-state index contributed by atoms with van der Waals surface area (Å²) in [4.78, 5) is 68.4. The lowest BCUT2D eigenvalue weighted by molar-refractivity contribution is -0.123. The fraction of sp³-hybridized carbons (Fsp3) is 0.226. The van der Waals surface area contributed by atoms with E-state index >= 15 is 0 Å². The molecule has 0 fully saturated rings. The van der Waals surface area contributed by atoms with Gasteiger partial charge in [-0.3, -0.25) is 14.4 Å². The van der Waals surface area contributed by atoms with Crippen molar-refractivity contribution in [2.45, 2.75) is 25.4 Å². The number of nitrogens with one attached hydrogen (secondary N) is 2.